The molecule has 1 aromatic rings. The fourth-order valence-corrected chi connectivity index (χ4v) is 2.05. The summed E-state index contributed by atoms with van der Waals surface area (Å²) in [6.07, 6.45) is 2.94. The Kier molecular flexibility index (Phi) is 6.09. The average molecular weight is 265 g/mol. The molecule has 0 saturated heterocycles. The fourth-order valence-electron chi connectivity index (χ4n) is 1.63. The lowest BCUT2D eigenvalue weighted by Gasteiger charge is -2.08. The summed E-state index contributed by atoms with van der Waals surface area (Å²) in [6.45, 7) is 1.50. The first kappa shape index (κ1) is 14.9. The highest BCUT2D eigenvalue weighted by Gasteiger charge is 2.09. The minimum atomic E-state index is -0.436. The molecule has 0 aromatic heterocycles. The van der Waals surface area contributed by atoms with E-state index in [-0.39, 0.29) is 11.6 Å². The summed E-state index contributed by atoms with van der Waals surface area (Å²) in [5, 5.41) is 0. The first-order valence-electron chi connectivity index (χ1n) is 5.87. The van der Waals surface area contributed by atoms with E-state index >= 15 is 0 Å². The zero-order valence-corrected chi connectivity index (χ0v) is 11.6. The van der Waals surface area contributed by atoms with Crippen molar-refractivity contribution in [3.8, 4) is 0 Å². The minimum absolute atomic E-state index is 0.00535. The molecule has 0 aliphatic rings. The van der Waals surface area contributed by atoms with Gasteiger partial charge in [-0.25, -0.2) is 0 Å². The molecule has 0 spiro atoms. The van der Waals surface area contributed by atoms with Gasteiger partial charge in [0.2, 0.25) is 0 Å². The molecule has 18 heavy (non-hydrogen) atoms. The van der Waals surface area contributed by atoms with Gasteiger partial charge in [-0.2, -0.15) is 11.8 Å². The van der Waals surface area contributed by atoms with Crippen LogP contribution in [0.1, 0.15) is 18.1 Å². The normalized spacial score (nSPS) is 12.2. The third-order valence-electron chi connectivity index (χ3n) is 2.71. The lowest BCUT2D eigenvalue weighted by molar-refractivity contribution is -0.118. The molecule has 3 nitrogen and oxygen atoms in total. The van der Waals surface area contributed by atoms with Crippen LogP contribution in [0.15, 0.2) is 24.3 Å². The number of hydrogen-bond acceptors (Lipinski definition) is 4. The molecule has 0 aliphatic heterocycles. The Hall–Kier alpha value is -1.13. The summed E-state index contributed by atoms with van der Waals surface area (Å²) >= 11 is 1.54. The van der Waals surface area contributed by atoms with Gasteiger partial charge < -0.3 is 5.73 Å². The van der Waals surface area contributed by atoms with Crippen molar-refractivity contribution in [3.63, 3.8) is 0 Å². The predicted molar refractivity (Wildman–Crippen MR) is 75.9 cm³/mol. The smallest absolute Gasteiger partial charge is 0.147 e. The molecule has 98 valence electrons. The SMILES string of the molecule is CSCC(=O)Cc1ccc(CC(N)C(C)=O)cc1. The van der Waals surface area contributed by atoms with Gasteiger partial charge >= 0.3 is 0 Å². The van der Waals surface area contributed by atoms with Crippen LogP contribution in [-0.4, -0.2) is 29.6 Å². The number of Topliss-reactive ketones (excluding diaryl/α,β-unsaturated/α-hetero) is 2. The zero-order chi connectivity index (χ0) is 13.5. The highest BCUT2D eigenvalue weighted by molar-refractivity contribution is 7.99. The topological polar surface area (TPSA) is 60.2 Å². The van der Waals surface area contributed by atoms with Crippen molar-refractivity contribution in [1.82, 2.24) is 0 Å². The van der Waals surface area contributed by atoms with E-state index in [4.69, 9.17) is 5.73 Å². The lowest BCUT2D eigenvalue weighted by Crippen LogP contribution is -2.30. The molecule has 0 aliphatic carbocycles. The first-order valence-corrected chi connectivity index (χ1v) is 7.26. The Labute approximate surface area is 112 Å². The Bertz CT molecular complexity index is 414. The van der Waals surface area contributed by atoms with E-state index in [1.165, 1.54) is 6.92 Å². The molecular formula is C14H19NO2S. The van der Waals surface area contributed by atoms with Gasteiger partial charge in [0, 0.05) is 6.42 Å². The number of thioether (sulfide) groups is 1. The van der Waals surface area contributed by atoms with Crippen molar-refractivity contribution in [2.75, 3.05) is 12.0 Å². The van der Waals surface area contributed by atoms with Crippen LogP contribution < -0.4 is 5.73 Å². The maximum atomic E-state index is 11.5. The second-order valence-electron chi connectivity index (χ2n) is 4.39. The average Bonchev–Trinajstić information content (AvgIpc) is 2.31. The molecule has 1 unspecified atom stereocenters. The van der Waals surface area contributed by atoms with Gasteiger partial charge in [0.1, 0.15) is 11.6 Å². The van der Waals surface area contributed by atoms with Crippen molar-refractivity contribution in [3.05, 3.63) is 35.4 Å². The lowest BCUT2D eigenvalue weighted by atomic mass is 10.0. The van der Waals surface area contributed by atoms with Gasteiger partial charge in [-0.1, -0.05) is 24.3 Å². The highest BCUT2D eigenvalue weighted by Crippen LogP contribution is 2.09. The van der Waals surface area contributed by atoms with Gasteiger partial charge in [-0.05, 0) is 30.7 Å². The summed E-state index contributed by atoms with van der Waals surface area (Å²) in [5.74, 6) is 0.779. The van der Waals surface area contributed by atoms with Crippen molar-refractivity contribution in [2.24, 2.45) is 5.73 Å². The zero-order valence-electron chi connectivity index (χ0n) is 10.8. The van der Waals surface area contributed by atoms with Crippen molar-refractivity contribution >= 4 is 23.3 Å². The van der Waals surface area contributed by atoms with Crippen molar-refractivity contribution in [2.45, 2.75) is 25.8 Å². The molecule has 1 aromatic carbocycles. The van der Waals surface area contributed by atoms with Crippen molar-refractivity contribution < 1.29 is 9.59 Å². The Balaban J connectivity index is 2.57. The maximum absolute atomic E-state index is 11.5. The summed E-state index contributed by atoms with van der Waals surface area (Å²) in [6, 6.07) is 7.30. The summed E-state index contributed by atoms with van der Waals surface area (Å²) in [4.78, 5) is 22.5. The van der Waals surface area contributed by atoms with Crippen LogP contribution in [0.25, 0.3) is 0 Å². The molecule has 1 atom stereocenters. The van der Waals surface area contributed by atoms with Gasteiger partial charge in [0.15, 0.2) is 0 Å². The molecule has 4 heteroatoms. The second kappa shape index (κ2) is 7.34. The Morgan fingerprint density at radius 2 is 1.78 bits per heavy atom. The summed E-state index contributed by atoms with van der Waals surface area (Å²) < 4.78 is 0. The highest BCUT2D eigenvalue weighted by atomic mass is 32.2. The molecule has 0 amide bonds. The van der Waals surface area contributed by atoms with Gasteiger partial charge in [-0.15, -0.1) is 0 Å². The molecule has 0 heterocycles. The standard InChI is InChI=1S/C14H19NO2S/c1-10(16)14(15)8-12-5-3-11(4-6-12)7-13(17)9-18-2/h3-6,14H,7-9,15H2,1-2H3. The molecular weight excluding hydrogens is 246 g/mol. The molecule has 0 saturated carbocycles. The monoisotopic (exact) mass is 265 g/mol. The van der Waals surface area contributed by atoms with E-state index in [9.17, 15) is 9.59 Å². The van der Waals surface area contributed by atoms with Crippen LogP contribution in [0.5, 0.6) is 0 Å². The quantitative estimate of drug-likeness (QED) is 0.814. The second-order valence-corrected chi connectivity index (χ2v) is 5.25. The van der Waals surface area contributed by atoms with Crippen LogP contribution in [0, 0.1) is 0 Å². The first-order chi connectivity index (χ1) is 8.52. The van der Waals surface area contributed by atoms with E-state index in [1.807, 2.05) is 30.5 Å². The van der Waals surface area contributed by atoms with Crippen molar-refractivity contribution in [1.29, 1.82) is 0 Å². The number of nitrogens with two attached hydrogens (primary N) is 1. The van der Waals surface area contributed by atoms with Crippen LogP contribution in [0.4, 0.5) is 0 Å². The largest absolute Gasteiger partial charge is 0.321 e. The van der Waals surface area contributed by atoms with Crippen LogP contribution in [-0.2, 0) is 22.4 Å². The number of carbonyl (C=O) groups excluding carboxylic acids is 2. The van der Waals surface area contributed by atoms with Crippen LogP contribution in [0.2, 0.25) is 0 Å². The molecule has 2 N–H and O–H groups in total. The van der Waals surface area contributed by atoms with E-state index in [1.54, 1.807) is 11.8 Å². The number of benzene rings is 1. The number of carbonyl (C=O) groups is 2. The number of rotatable bonds is 7. The Morgan fingerprint density at radius 1 is 1.22 bits per heavy atom. The minimum Gasteiger partial charge on any atom is -0.321 e. The van der Waals surface area contributed by atoms with Crippen LogP contribution >= 0.6 is 11.8 Å². The van der Waals surface area contributed by atoms with Crippen LogP contribution in [0.3, 0.4) is 0 Å². The fraction of sp³-hybridized carbons (Fsp3) is 0.429. The third kappa shape index (κ3) is 5.02. The summed E-state index contributed by atoms with van der Waals surface area (Å²) in [7, 11) is 0. The molecule has 1 rings (SSSR count). The molecule has 0 fully saturated rings. The van der Waals surface area contributed by atoms with Gasteiger partial charge in [0.05, 0.1) is 11.8 Å². The molecule has 0 bridgehead atoms. The third-order valence-corrected chi connectivity index (χ3v) is 3.32. The van der Waals surface area contributed by atoms with Gasteiger partial charge in [0.25, 0.3) is 0 Å². The molecule has 0 radical (unpaired) electrons. The summed E-state index contributed by atoms with van der Waals surface area (Å²) in [5.41, 5.74) is 7.74. The number of ketones is 2. The Morgan fingerprint density at radius 3 is 2.28 bits per heavy atom. The number of hydrogen-bond donors (Lipinski definition) is 1. The van der Waals surface area contributed by atoms with Gasteiger partial charge in [-0.3, -0.25) is 9.59 Å². The predicted octanol–water partition coefficient (Wildman–Crippen LogP) is 1.62. The van der Waals surface area contributed by atoms with E-state index in [0.717, 1.165) is 11.1 Å². The maximum Gasteiger partial charge on any atom is 0.147 e. The van der Waals surface area contributed by atoms with E-state index in [2.05, 4.69) is 0 Å². The van der Waals surface area contributed by atoms with E-state index in [0.29, 0.717) is 18.6 Å². The van der Waals surface area contributed by atoms with E-state index < -0.39 is 6.04 Å².